The predicted molar refractivity (Wildman–Crippen MR) is 86.6 cm³/mol. The van der Waals surface area contributed by atoms with Gasteiger partial charge in [-0.3, -0.25) is 4.79 Å². The maximum atomic E-state index is 12.3. The molecule has 1 aliphatic heterocycles. The zero-order valence-electron chi connectivity index (χ0n) is 11.8. The number of aromatic nitrogens is 1. The SMILES string of the molecule is Cl.Cn1c(O)c(C2=c3ccccc3=NC2=O)c2ccccc21. The molecule has 1 N–H and O–H groups in total. The number of rotatable bonds is 1. The first kappa shape index (κ1) is 14.4. The number of aryl methyl sites for hydroxylation is 1. The summed E-state index contributed by atoms with van der Waals surface area (Å²) in [6, 6.07) is 15.0. The molecule has 3 aromatic rings. The van der Waals surface area contributed by atoms with Gasteiger partial charge < -0.3 is 9.67 Å². The van der Waals surface area contributed by atoms with E-state index in [9.17, 15) is 9.90 Å². The van der Waals surface area contributed by atoms with E-state index in [-0.39, 0.29) is 24.2 Å². The molecular formula is C17H13ClN2O2. The minimum Gasteiger partial charge on any atom is -0.494 e. The maximum absolute atomic E-state index is 12.3. The molecule has 0 fully saturated rings. The molecule has 22 heavy (non-hydrogen) atoms. The molecule has 0 spiro atoms. The maximum Gasteiger partial charge on any atom is 0.279 e. The van der Waals surface area contributed by atoms with Gasteiger partial charge in [-0.1, -0.05) is 36.4 Å². The average molecular weight is 313 g/mol. The number of carbonyl (C=O) groups is 1. The van der Waals surface area contributed by atoms with Crippen LogP contribution in [0.5, 0.6) is 5.88 Å². The van der Waals surface area contributed by atoms with Crippen LogP contribution < -0.4 is 10.6 Å². The Balaban J connectivity index is 0.00000144. The van der Waals surface area contributed by atoms with Crippen molar-refractivity contribution in [1.29, 1.82) is 0 Å². The van der Waals surface area contributed by atoms with E-state index in [2.05, 4.69) is 4.99 Å². The molecule has 0 atom stereocenters. The van der Waals surface area contributed by atoms with Gasteiger partial charge in [0.1, 0.15) is 0 Å². The number of fused-ring (bicyclic) bond motifs is 2. The molecule has 0 saturated heterocycles. The fraction of sp³-hybridized carbons (Fsp3) is 0.0588. The number of amides is 1. The Morgan fingerprint density at radius 2 is 1.73 bits per heavy atom. The summed E-state index contributed by atoms with van der Waals surface area (Å²) < 4.78 is 1.69. The number of hydrogen-bond acceptors (Lipinski definition) is 2. The third-order valence-corrected chi connectivity index (χ3v) is 3.94. The van der Waals surface area contributed by atoms with Crippen LogP contribution in [0, 0.1) is 0 Å². The van der Waals surface area contributed by atoms with Crippen LogP contribution in [0.3, 0.4) is 0 Å². The van der Waals surface area contributed by atoms with E-state index < -0.39 is 0 Å². The second kappa shape index (κ2) is 5.00. The fourth-order valence-electron chi connectivity index (χ4n) is 2.93. The first-order chi connectivity index (χ1) is 10.2. The number of nitrogens with zero attached hydrogens (tertiary/aromatic N) is 2. The lowest BCUT2D eigenvalue weighted by atomic mass is 10.0. The summed E-state index contributed by atoms with van der Waals surface area (Å²) in [6.07, 6.45) is 0. The summed E-state index contributed by atoms with van der Waals surface area (Å²) in [6.45, 7) is 0. The standard InChI is InChI=1S/C17H12N2O2.ClH/c1-19-13-9-5-3-7-11(13)15(17(19)21)14-10-6-2-4-8-12(10)18-16(14)20;/h2-9,21H,1H3;1H. The Kier molecular flexibility index (Phi) is 3.26. The Morgan fingerprint density at radius 1 is 1.05 bits per heavy atom. The quantitative estimate of drug-likeness (QED) is 0.743. The van der Waals surface area contributed by atoms with Crippen LogP contribution in [-0.2, 0) is 11.8 Å². The number of carbonyl (C=O) groups excluding carboxylic acids is 1. The Morgan fingerprint density at radius 3 is 2.55 bits per heavy atom. The highest BCUT2D eigenvalue weighted by molar-refractivity contribution is 6.24. The van der Waals surface area contributed by atoms with E-state index in [0.29, 0.717) is 16.5 Å². The first-order valence-corrected chi connectivity index (χ1v) is 6.67. The van der Waals surface area contributed by atoms with Crippen molar-refractivity contribution in [2.24, 2.45) is 12.0 Å². The summed E-state index contributed by atoms with van der Waals surface area (Å²) in [5.74, 6) is -0.214. The highest BCUT2D eigenvalue weighted by Gasteiger charge is 2.25. The molecular weight excluding hydrogens is 300 g/mol. The topological polar surface area (TPSA) is 54.6 Å². The van der Waals surface area contributed by atoms with Gasteiger partial charge in [0.15, 0.2) is 5.88 Å². The summed E-state index contributed by atoms with van der Waals surface area (Å²) in [5, 5.41) is 12.8. The summed E-state index contributed by atoms with van der Waals surface area (Å²) in [4.78, 5) is 16.4. The van der Waals surface area contributed by atoms with E-state index in [0.717, 1.165) is 16.1 Å². The summed E-state index contributed by atoms with van der Waals surface area (Å²) in [5.41, 5.74) is 1.92. The van der Waals surface area contributed by atoms with Crippen molar-refractivity contribution in [2.75, 3.05) is 0 Å². The minimum atomic E-state index is -0.303. The molecule has 4 nitrogen and oxygen atoms in total. The molecule has 0 radical (unpaired) electrons. The van der Waals surface area contributed by atoms with Gasteiger partial charge in [-0.05, 0) is 12.1 Å². The van der Waals surface area contributed by atoms with Crippen molar-refractivity contribution in [3.63, 3.8) is 0 Å². The van der Waals surface area contributed by atoms with Gasteiger partial charge in [0.05, 0.1) is 22.0 Å². The molecule has 0 aliphatic carbocycles. The number of benzene rings is 2. The van der Waals surface area contributed by atoms with E-state index >= 15 is 0 Å². The molecule has 2 heterocycles. The van der Waals surface area contributed by atoms with E-state index in [4.69, 9.17) is 0 Å². The van der Waals surface area contributed by atoms with Crippen molar-refractivity contribution >= 4 is 34.8 Å². The van der Waals surface area contributed by atoms with Crippen LogP contribution in [0.1, 0.15) is 5.56 Å². The summed E-state index contributed by atoms with van der Waals surface area (Å²) in [7, 11) is 1.78. The molecule has 4 rings (SSSR count). The number of para-hydroxylation sites is 2. The summed E-state index contributed by atoms with van der Waals surface area (Å²) >= 11 is 0. The van der Waals surface area contributed by atoms with Gasteiger partial charge in [0, 0.05) is 17.7 Å². The highest BCUT2D eigenvalue weighted by Crippen LogP contribution is 2.35. The lowest BCUT2D eigenvalue weighted by molar-refractivity contribution is -0.112. The number of aromatic hydroxyl groups is 1. The van der Waals surface area contributed by atoms with Gasteiger partial charge in [-0.2, -0.15) is 0 Å². The third kappa shape index (κ3) is 1.77. The van der Waals surface area contributed by atoms with Gasteiger partial charge in [0.25, 0.3) is 5.91 Å². The first-order valence-electron chi connectivity index (χ1n) is 6.67. The van der Waals surface area contributed by atoms with Gasteiger partial charge in [-0.25, -0.2) is 4.99 Å². The van der Waals surface area contributed by atoms with Crippen molar-refractivity contribution in [2.45, 2.75) is 0 Å². The second-order valence-corrected chi connectivity index (χ2v) is 5.08. The zero-order valence-corrected chi connectivity index (χ0v) is 12.6. The van der Waals surface area contributed by atoms with Crippen molar-refractivity contribution in [3.8, 4) is 5.88 Å². The highest BCUT2D eigenvalue weighted by atomic mass is 35.5. The largest absolute Gasteiger partial charge is 0.494 e. The van der Waals surface area contributed by atoms with Crippen molar-refractivity contribution in [1.82, 2.24) is 4.57 Å². The molecule has 2 aromatic carbocycles. The van der Waals surface area contributed by atoms with Crippen LogP contribution in [0.15, 0.2) is 53.5 Å². The molecule has 0 saturated carbocycles. The lowest BCUT2D eigenvalue weighted by Crippen LogP contribution is -2.22. The van der Waals surface area contributed by atoms with Crippen LogP contribution >= 0.6 is 12.4 Å². The zero-order chi connectivity index (χ0) is 14.6. The van der Waals surface area contributed by atoms with E-state index in [1.165, 1.54) is 0 Å². The van der Waals surface area contributed by atoms with Crippen LogP contribution in [0.2, 0.25) is 0 Å². The molecule has 1 aromatic heterocycles. The van der Waals surface area contributed by atoms with Gasteiger partial charge in [0.2, 0.25) is 0 Å². The van der Waals surface area contributed by atoms with Crippen molar-refractivity contribution < 1.29 is 9.90 Å². The van der Waals surface area contributed by atoms with Crippen molar-refractivity contribution in [3.05, 3.63) is 64.7 Å². The average Bonchev–Trinajstić information content (AvgIpc) is 2.95. The monoisotopic (exact) mass is 312 g/mol. The van der Waals surface area contributed by atoms with Crippen LogP contribution in [-0.4, -0.2) is 15.6 Å². The van der Waals surface area contributed by atoms with Gasteiger partial charge in [-0.15, -0.1) is 12.4 Å². The number of hydrogen-bond donors (Lipinski definition) is 1. The molecule has 5 heteroatoms. The fourth-order valence-corrected chi connectivity index (χ4v) is 2.93. The third-order valence-electron chi connectivity index (χ3n) is 3.94. The van der Waals surface area contributed by atoms with Crippen LogP contribution in [0.25, 0.3) is 16.5 Å². The molecule has 1 aliphatic rings. The molecule has 0 bridgehead atoms. The smallest absolute Gasteiger partial charge is 0.279 e. The molecule has 110 valence electrons. The normalized spacial score (nSPS) is 13.0. The molecule has 1 amide bonds. The Bertz CT molecular complexity index is 1030. The lowest BCUT2D eigenvalue weighted by Gasteiger charge is -2.00. The second-order valence-electron chi connectivity index (χ2n) is 5.08. The van der Waals surface area contributed by atoms with E-state index in [1.807, 2.05) is 48.5 Å². The van der Waals surface area contributed by atoms with Crippen LogP contribution in [0.4, 0.5) is 0 Å². The predicted octanol–water partition coefficient (Wildman–Crippen LogP) is 1.66. The van der Waals surface area contributed by atoms with E-state index in [1.54, 1.807) is 11.6 Å². The minimum absolute atomic E-state index is 0. The Labute approximate surface area is 132 Å². The number of halogens is 1. The Hall–Kier alpha value is -2.59. The molecule has 0 unspecified atom stereocenters. The van der Waals surface area contributed by atoms with Gasteiger partial charge >= 0.3 is 0 Å².